The van der Waals surface area contributed by atoms with Crippen LogP contribution in [0.5, 0.6) is 5.75 Å². The van der Waals surface area contributed by atoms with Crippen molar-refractivity contribution in [3.8, 4) is 5.75 Å². The molecule has 0 fully saturated rings. The highest BCUT2D eigenvalue weighted by Crippen LogP contribution is 2.15. The van der Waals surface area contributed by atoms with Crippen molar-refractivity contribution in [3.63, 3.8) is 0 Å². The monoisotopic (exact) mass is 259 g/mol. The van der Waals surface area contributed by atoms with Gasteiger partial charge in [0, 0.05) is 5.69 Å². The summed E-state index contributed by atoms with van der Waals surface area (Å²) in [6.07, 6.45) is 0. The standard InChI is InChI=1S/C11H17N3O2.ClH/c1-2-16-10-5-3-9(4-6-10)14-11(12)13-7-8-15;/h3-6,15H,2,7-8H2,1H3,(H3,12,13,14);1H. The quantitative estimate of drug-likeness (QED) is 0.549. The number of hydrogen-bond acceptors (Lipinski definition) is 3. The summed E-state index contributed by atoms with van der Waals surface area (Å²) in [6.45, 7) is 2.88. The summed E-state index contributed by atoms with van der Waals surface area (Å²) < 4.78 is 5.31. The van der Waals surface area contributed by atoms with Crippen LogP contribution in [0, 0.1) is 0 Å². The number of halogens is 1. The molecule has 1 aromatic rings. The van der Waals surface area contributed by atoms with Crippen LogP contribution in [0.25, 0.3) is 0 Å². The smallest absolute Gasteiger partial charge is 0.193 e. The zero-order valence-corrected chi connectivity index (χ0v) is 10.5. The summed E-state index contributed by atoms with van der Waals surface area (Å²) in [5, 5.41) is 11.5. The van der Waals surface area contributed by atoms with Crippen molar-refractivity contribution in [1.29, 1.82) is 0 Å². The number of aliphatic hydroxyl groups excluding tert-OH is 1. The Balaban J connectivity index is 0.00000256. The first kappa shape index (κ1) is 15.5. The van der Waals surface area contributed by atoms with Crippen molar-refractivity contribution in [1.82, 2.24) is 0 Å². The van der Waals surface area contributed by atoms with Gasteiger partial charge in [-0.15, -0.1) is 12.4 Å². The fourth-order valence-electron chi connectivity index (χ4n) is 1.16. The molecule has 1 rings (SSSR count). The van der Waals surface area contributed by atoms with Crippen LogP contribution < -0.4 is 15.8 Å². The molecule has 96 valence electrons. The maximum atomic E-state index is 8.57. The van der Waals surface area contributed by atoms with Crippen molar-refractivity contribution >= 4 is 24.1 Å². The summed E-state index contributed by atoms with van der Waals surface area (Å²) in [5.74, 6) is 1.11. The van der Waals surface area contributed by atoms with E-state index in [0.717, 1.165) is 11.4 Å². The van der Waals surface area contributed by atoms with Gasteiger partial charge in [-0.1, -0.05) is 0 Å². The first-order chi connectivity index (χ1) is 7.76. The zero-order chi connectivity index (χ0) is 11.8. The molecule has 0 aliphatic heterocycles. The van der Waals surface area contributed by atoms with Crippen LogP contribution >= 0.6 is 12.4 Å². The van der Waals surface area contributed by atoms with Gasteiger partial charge in [-0.2, -0.15) is 0 Å². The highest BCUT2D eigenvalue weighted by atomic mass is 35.5. The lowest BCUT2D eigenvalue weighted by molar-refractivity contribution is 0.307. The van der Waals surface area contributed by atoms with E-state index < -0.39 is 0 Å². The first-order valence-electron chi connectivity index (χ1n) is 5.17. The zero-order valence-electron chi connectivity index (χ0n) is 9.72. The molecule has 17 heavy (non-hydrogen) atoms. The molecule has 0 atom stereocenters. The minimum absolute atomic E-state index is 0. The van der Waals surface area contributed by atoms with E-state index in [4.69, 9.17) is 15.6 Å². The second kappa shape index (κ2) is 8.66. The molecular weight excluding hydrogens is 242 g/mol. The Morgan fingerprint density at radius 1 is 1.41 bits per heavy atom. The Hall–Kier alpha value is -1.46. The average molecular weight is 260 g/mol. The lowest BCUT2D eigenvalue weighted by Crippen LogP contribution is -2.23. The Bertz CT molecular complexity index is 341. The predicted octanol–water partition coefficient (Wildman–Crippen LogP) is 1.23. The SMILES string of the molecule is CCOc1ccc(NC(N)=NCCO)cc1.Cl. The molecule has 0 bridgehead atoms. The third kappa shape index (κ3) is 5.99. The van der Waals surface area contributed by atoms with E-state index in [2.05, 4.69) is 10.3 Å². The predicted molar refractivity (Wildman–Crippen MR) is 72.1 cm³/mol. The highest BCUT2D eigenvalue weighted by Gasteiger charge is 1.96. The highest BCUT2D eigenvalue weighted by molar-refractivity contribution is 5.92. The van der Waals surface area contributed by atoms with E-state index in [9.17, 15) is 0 Å². The molecule has 6 heteroatoms. The summed E-state index contributed by atoms with van der Waals surface area (Å²) >= 11 is 0. The van der Waals surface area contributed by atoms with Gasteiger partial charge in [0.1, 0.15) is 5.75 Å². The number of benzene rings is 1. The van der Waals surface area contributed by atoms with Gasteiger partial charge < -0.3 is 20.9 Å². The fraction of sp³-hybridized carbons (Fsp3) is 0.364. The van der Waals surface area contributed by atoms with Crippen LogP contribution in [0.4, 0.5) is 5.69 Å². The Morgan fingerprint density at radius 2 is 2.06 bits per heavy atom. The van der Waals surface area contributed by atoms with Gasteiger partial charge in [0.05, 0.1) is 19.8 Å². The van der Waals surface area contributed by atoms with E-state index >= 15 is 0 Å². The average Bonchev–Trinajstić information content (AvgIpc) is 2.29. The normalized spacial score (nSPS) is 10.6. The van der Waals surface area contributed by atoms with E-state index in [-0.39, 0.29) is 19.0 Å². The van der Waals surface area contributed by atoms with Gasteiger partial charge in [0.25, 0.3) is 0 Å². The van der Waals surface area contributed by atoms with Gasteiger partial charge in [-0.3, -0.25) is 4.99 Å². The topological polar surface area (TPSA) is 79.9 Å². The number of aliphatic hydroxyl groups is 1. The Kier molecular flexibility index (Phi) is 7.92. The van der Waals surface area contributed by atoms with Crippen molar-refractivity contribution in [2.45, 2.75) is 6.92 Å². The van der Waals surface area contributed by atoms with Crippen molar-refractivity contribution in [3.05, 3.63) is 24.3 Å². The number of hydrogen-bond donors (Lipinski definition) is 3. The van der Waals surface area contributed by atoms with Gasteiger partial charge in [-0.25, -0.2) is 0 Å². The molecule has 0 saturated heterocycles. The number of nitrogens with two attached hydrogens (primary N) is 1. The molecule has 5 nitrogen and oxygen atoms in total. The van der Waals surface area contributed by atoms with E-state index in [0.29, 0.717) is 19.1 Å². The molecule has 0 aliphatic carbocycles. The maximum Gasteiger partial charge on any atom is 0.193 e. The van der Waals surface area contributed by atoms with Crippen molar-refractivity contribution in [2.75, 3.05) is 25.1 Å². The lowest BCUT2D eigenvalue weighted by Gasteiger charge is -2.07. The van der Waals surface area contributed by atoms with Crippen LogP contribution in [-0.4, -0.2) is 30.8 Å². The van der Waals surface area contributed by atoms with E-state index in [1.807, 2.05) is 31.2 Å². The summed E-state index contributed by atoms with van der Waals surface area (Å²) in [7, 11) is 0. The Morgan fingerprint density at radius 3 is 2.59 bits per heavy atom. The fourth-order valence-corrected chi connectivity index (χ4v) is 1.16. The van der Waals surface area contributed by atoms with Gasteiger partial charge in [0.15, 0.2) is 5.96 Å². The third-order valence-electron chi connectivity index (χ3n) is 1.82. The minimum atomic E-state index is -0.00828. The molecule has 0 radical (unpaired) electrons. The van der Waals surface area contributed by atoms with Gasteiger partial charge >= 0.3 is 0 Å². The van der Waals surface area contributed by atoms with Crippen LogP contribution in [0.3, 0.4) is 0 Å². The van der Waals surface area contributed by atoms with Crippen molar-refractivity contribution < 1.29 is 9.84 Å². The number of anilines is 1. The van der Waals surface area contributed by atoms with Gasteiger partial charge in [-0.05, 0) is 31.2 Å². The first-order valence-corrected chi connectivity index (χ1v) is 5.17. The number of ether oxygens (including phenoxy) is 1. The molecule has 0 aliphatic rings. The number of nitrogens with one attached hydrogen (secondary N) is 1. The van der Waals surface area contributed by atoms with Crippen LogP contribution in [0.1, 0.15) is 6.92 Å². The summed E-state index contributed by atoms with van der Waals surface area (Å²) in [6, 6.07) is 7.41. The summed E-state index contributed by atoms with van der Waals surface area (Å²) in [5.41, 5.74) is 6.42. The van der Waals surface area contributed by atoms with Crippen molar-refractivity contribution in [2.24, 2.45) is 10.7 Å². The van der Waals surface area contributed by atoms with Crippen LogP contribution in [-0.2, 0) is 0 Å². The largest absolute Gasteiger partial charge is 0.494 e. The molecule has 0 amide bonds. The molecule has 0 saturated carbocycles. The number of aliphatic imine (C=N–C) groups is 1. The third-order valence-corrected chi connectivity index (χ3v) is 1.82. The molecule has 0 heterocycles. The molecule has 0 unspecified atom stereocenters. The number of rotatable bonds is 5. The number of guanidine groups is 1. The Labute approximate surface area is 107 Å². The summed E-state index contributed by atoms with van der Waals surface area (Å²) in [4.78, 5) is 3.90. The molecule has 1 aromatic carbocycles. The van der Waals surface area contributed by atoms with E-state index in [1.54, 1.807) is 0 Å². The second-order valence-electron chi connectivity index (χ2n) is 3.07. The molecule has 4 N–H and O–H groups in total. The second-order valence-corrected chi connectivity index (χ2v) is 3.07. The maximum absolute atomic E-state index is 8.57. The lowest BCUT2D eigenvalue weighted by atomic mass is 10.3. The number of nitrogens with zero attached hydrogens (tertiary/aromatic N) is 1. The minimum Gasteiger partial charge on any atom is -0.494 e. The molecule has 0 spiro atoms. The van der Waals surface area contributed by atoms with Crippen LogP contribution in [0.15, 0.2) is 29.3 Å². The van der Waals surface area contributed by atoms with Crippen LogP contribution in [0.2, 0.25) is 0 Å². The van der Waals surface area contributed by atoms with Gasteiger partial charge in [0.2, 0.25) is 0 Å². The molecular formula is C11H18ClN3O2. The molecule has 0 aromatic heterocycles. The van der Waals surface area contributed by atoms with E-state index in [1.165, 1.54) is 0 Å².